The van der Waals surface area contributed by atoms with Crippen LogP contribution in [0.4, 0.5) is 10.5 Å². The number of urea groups is 1. The second-order valence-electron chi connectivity index (χ2n) is 7.43. The molecule has 1 aliphatic carbocycles. The molecule has 2 heterocycles. The first-order chi connectivity index (χ1) is 14.0. The monoisotopic (exact) mass is 392 g/mol. The number of aromatic nitrogens is 4. The molecule has 2 N–H and O–H groups in total. The topological polar surface area (TPSA) is 93.8 Å². The van der Waals surface area contributed by atoms with Crippen LogP contribution < -0.4 is 16.3 Å². The Morgan fingerprint density at radius 2 is 1.97 bits per heavy atom. The molecule has 0 saturated heterocycles. The van der Waals surface area contributed by atoms with E-state index >= 15 is 0 Å². The molecule has 0 aliphatic heterocycles. The average molecular weight is 392 g/mol. The Morgan fingerprint density at radius 3 is 2.62 bits per heavy atom. The molecular weight excluding hydrogens is 368 g/mol. The molecule has 3 aromatic rings. The van der Waals surface area contributed by atoms with Crippen molar-refractivity contribution in [3.05, 3.63) is 64.3 Å². The van der Waals surface area contributed by atoms with Crippen LogP contribution in [0.2, 0.25) is 0 Å². The number of nitrogens with zero attached hydrogens (tertiary/aromatic N) is 4. The van der Waals surface area contributed by atoms with Crippen LogP contribution in [0.3, 0.4) is 0 Å². The van der Waals surface area contributed by atoms with Crippen molar-refractivity contribution in [1.29, 1.82) is 0 Å². The normalized spacial score (nSPS) is 13.3. The van der Waals surface area contributed by atoms with Crippen LogP contribution in [0, 0.1) is 13.8 Å². The number of carbonyl (C=O) groups excluding carboxylic acids is 1. The van der Waals surface area contributed by atoms with Gasteiger partial charge in [-0.1, -0.05) is 6.07 Å². The lowest BCUT2D eigenvalue weighted by atomic mass is 10.1. The number of pyridine rings is 1. The molecular formula is C21H24N6O2. The molecule has 2 amide bonds. The fraction of sp³-hybridized carbons (Fsp3) is 0.333. The fourth-order valence-corrected chi connectivity index (χ4v) is 3.42. The van der Waals surface area contributed by atoms with Crippen LogP contribution >= 0.6 is 0 Å². The molecule has 1 aromatic carbocycles. The number of nitrogens with one attached hydrogen (secondary N) is 2. The summed E-state index contributed by atoms with van der Waals surface area (Å²) in [6.45, 7) is 4.56. The van der Waals surface area contributed by atoms with Gasteiger partial charge in [-0.3, -0.25) is 9.55 Å². The smallest absolute Gasteiger partial charge is 0.336 e. The van der Waals surface area contributed by atoms with E-state index in [-0.39, 0.29) is 17.8 Å². The van der Waals surface area contributed by atoms with E-state index in [4.69, 9.17) is 0 Å². The van der Waals surface area contributed by atoms with Crippen molar-refractivity contribution < 1.29 is 4.79 Å². The van der Waals surface area contributed by atoms with Gasteiger partial charge < -0.3 is 10.6 Å². The van der Waals surface area contributed by atoms with Crippen LogP contribution in [-0.2, 0) is 6.54 Å². The van der Waals surface area contributed by atoms with Gasteiger partial charge >= 0.3 is 11.7 Å². The first kappa shape index (κ1) is 18.9. The molecule has 2 aromatic heterocycles. The van der Waals surface area contributed by atoms with Crippen LogP contribution in [0.5, 0.6) is 0 Å². The number of carbonyl (C=O) groups is 1. The number of hydrogen-bond donors (Lipinski definition) is 2. The quantitative estimate of drug-likeness (QED) is 0.674. The van der Waals surface area contributed by atoms with Crippen LogP contribution in [0.25, 0.3) is 11.4 Å². The first-order valence-electron chi connectivity index (χ1n) is 9.74. The number of aryl methyl sites for hydroxylation is 2. The molecule has 1 aliphatic rings. The Hall–Kier alpha value is -3.42. The zero-order chi connectivity index (χ0) is 20.4. The van der Waals surface area contributed by atoms with E-state index in [2.05, 4.69) is 20.7 Å². The summed E-state index contributed by atoms with van der Waals surface area (Å²) >= 11 is 0. The maximum Gasteiger partial charge on any atom is 0.346 e. The average Bonchev–Trinajstić information content (AvgIpc) is 3.46. The van der Waals surface area contributed by atoms with Gasteiger partial charge in [0.05, 0.1) is 6.54 Å². The number of amides is 2. The van der Waals surface area contributed by atoms with Gasteiger partial charge in [-0.2, -0.15) is 0 Å². The maximum absolute atomic E-state index is 12.8. The summed E-state index contributed by atoms with van der Waals surface area (Å²) in [5.41, 5.74) is 3.58. The Labute approximate surface area is 168 Å². The van der Waals surface area contributed by atoms with E-state index in [1.165, 1.54) is 4.68 Å². The molecule has 0 unspecified atom stereocenters. The highest BCUT2D eigenvalue weighted by Gasteiger charge is 2.30. The van der Waals surface area contributed by atoms with E-state index in [0.29, 0.717) is 18.9 Å². The standard InChI is InChI=1S/C21H24N6O2/c1-14-10-15(2)12-17(11-14)24-20(28)23-8-9-26-21(29)27(18-5-6-18)19(25-26)16-4-3-7-22-13-16/h3-4,7,10-13,18H,5-6,8-9H2,1-2H3,(H2,23,24,28). The number of hydrogen-bond acceptors (Lipinski definition) is 4. The van der Waals surface area contributed by atoms with E-state index in [1.54, 1.807) is 17.0 Å². The molecule has 0 bridgehead atoms. The molecule has 29 heavy (non-hydrogen) atoms. The minimum atomic E-state index is -0.308. The van der Waals surface area contributed by atoms with Gasteiger partial charge in [0, 0.05) is 36.2 Å². The van der Waals surface area contributed by atoms with E-state index in [9.17, 15) is 9.59 Å². The number of benzene rings is 1. The van der Waals surface area contributed by atoms with Crippen molar-refractivity contribution in [3.63, 3.8) is 0 Å². The van der Waals surface area contributed by atoms with Gasteiger partial charge in [0.25, 0.3) is 0 Å². The summed E-state index contributed by atoms with van der Waals surface area (Å²) in [7, 11) is 0. The largest absolute Gasteiger partial charge is 0.346 e. The minimum Gasteiger partial charge on any atom is -0.336 e. The highest BCUT2D eigenvalue weighted by atomic mass is 16.2. The van der Waals surface area contributed by atoms with Gasteiger partial charge in [0.1, 0.15) is 0 Å². The molecule has 1 saturated carbocycles. The SMILES string of the molecule is Cc1cc(C)cc(NC(=O)NCCn2nc(-c3cccnc3)n(C3CC3)c2=O)c1. The van der Waals surface area contributed by atoms with Crippen molar-refractivity contribution in [3.8, 4) is 11.4 Å². The lowest BCUT2D eigenvalue weighted by Gasteiger charge is -2.09. The lowest BCUT2D eigenvalue weighted by Crippen LogP contribution is -2.34. The Balaban J connectivity index is 1.42. The molecule has 0 atom stereocenters. The van der Waals surface area contributed by atoms with Gasteiger partial charge in [-0.05, 0) is 62.1 Å². The Kier molecular flexibility index (Phi) is 5.16. The molecule has 150 valence electrons. The Morgan fingerprint density at radius 1 is 1.21 bits per heavy atom. The van der Waals surface area contributed by atoms with Crippen LogP contribution in [-0.4, -0.2) is 31.9 Å². The molecule has 0 spiro atoms. The van der Waals surface area contributed by atoms with Gasteiger partial charge in [-0.15, -0.1) is 5.10 Å². The molecule has 0 radical (unpaired) electrons. The highest BCUT2D eigenvalue weighted by molar-refractivity contribution is 5.89. The van der Waals surface area contributed by atoms with Gasteiger partial charge in [-0.25, -0.2) is 14.3 Å². The van der Waals surface area contributed by atoms with Crippen molar-refractivity contribution in [2.75, 3.05) is 11.9 Å². The molecule has 8 nitrogen and oxygen atoms in total. The fourth-order valence-electron chi connectivity index (χ4n) is 3.42. The highest BCUT2D eigenvalue weighted by Crippen LogP contribution is 2.36. The summed E-state index contributed by atoms with van der Waals surface area (Å²) < 4.78 is 3.16. The predicted octanol–water partition coefficient (Wildman–Crippen LogP) is 2.88. The summed E-state index contributed by atoms with van der Waals surface area (Å²) in [4.78, 5) is 29.1. The summed E-state index contributed by atoms with van der Waals surface area (Å²) in [6, 6.07) is 9.49. The number of rotatable bonds is 6. The minimum absolute atomic E-state index is 0.150. The second-order valence-corrected chi connectivity index (χ2v) is 7.43. The lowest BCUT2D eigenvalue weighted by molar-refractivity contribution is 0.251. The Bertz CT molecular complexity index is 1060. The molecule has 1 fully saturated rings. The maximum atomic E-state index is 12.8. The zero-order valence-corrected chi connectivity index (χ0v) is 16.6. The van der Waals surface area contributed by atoms with Crippen molar-refractivity contribution >= 4 is 11.7 Å². The summed E-state index contributed by atoms with van der Waals surface area (Å²) in [5.74, 6) is 0.630. The van der Waals surface area contributed by atoms with Crippen molar-refractivity contribution in [2.45, 2.75) is 39.3 Å². The zero-order valence-electron chi connectivity index (χ0n) is 16.6. The number of anilines is 1. The third-order valence-corrected chi connectivity index (χ3v) is 4.79. The predicted molar refractivity (Wildman–Crippen MR) is 111 cm³/mol. The molecule has 4 rings (SSSR count). The van der Waals surface area contributed by atoms with Crippen LogP contribution in [0.1, 0.15) is 30.0 Å². The van der Waals surface area contributed by atoms with E-state index in [1.807, 2.05) is 44.2 Å². The van der Waals surface area contributed by atoms with Crippen molar-refractivity contribution in [2.24, 2.45) is 0 Å². The van der Waals surface area contributed by atoms with E-state index in [0.717, 1.165) is 35.2 Å². The van der Waals surface area contributed by atoms with Gasteiger partial charge in [0.2, 0.25) is 0 Å². The molecule has 8 heteroatoms. The van der Waals surface area contributed by atoms with Crippen molar-refractivity contribution in [1.82, 2.24) is 24.6 Å². The third kappa shape index (κ3) is 4.37. The van der Waals surface area contributed by atoms with E-state index < -0.39 is 0 Å². The summed E-state index contributed by atoms with van der Waals surface area (Å²) in [6.07, 6.45) is 5.36. The second kappa shape index (κ2) is 7.90. The first-order valence-corrected chi connectivity index (χ1v) is 9.74. The third-order valence-electron chi connectivity index (χ3n) is 4.79. The van der Waals surface area contributed by atoms with Crippen LogP contribution in [0.15, 0.2) is 47.5 Å². The van der Waals surface area contributed by atoms with Gasteiger partial charge in [0.15, 0.2) is 5.82 Å². The summed E-state index contributed by atoms with van der Waals surface area (Å²) in [5, 5.41) is 10.1.